The second-order valence-corrected chi connectivity index (χ2v) is 10.5. The lowest BCUT2D eigenvalue weighted by atomic mass is 10.1. The molecule has 1 aromatic heterocycles. The monoisotopic (exact) mass is 463 g/mol. The number of carbonyl (C=O) groups is 1. The number of carbonyl (C=O) groups excluding carboxylic acids is 1. The second-order valence-electron chi connectivity index (χ2n) is 7.29. The van der Waals surface area contributed by atoms with Gasteiger partial charge in [-0.2, -0.15) is 21.3 Å². The topological polar surface area (TPSA) is 101 Å². The normalized spacial score (nSPS) is 18.1. The Morgan fingerprint density at radius 2 is 1.84 bits per heavy atom. The number of rotatable bonds is 4. The summed E-state index contributed by atoms with van der Waals surface area (Å²) in [6.45, 7) is 2.58. The highest BCUT2D eigenvalue weighted by atomic mass is 32.2. The van der Waals surface area contributed by atoms with Gasteiger partial charge >= 0.3 is 0 Å². The fraction of sp³-hybridized carbons (Fsp3) is 0.400. The maximum Gasteiger partial charge on any atom is 0.270 e. The fourth-order valence-electron chi connectivity index (χ4n) is 3.79. The number of nitrogens with one attached hydrogen (secondary N) is 1. The number of anilines is 1. The lowest BCUT2D eigenvalue weighted by Crippen LogP contribution is -2.49. The van der Waals surface area contributed by atoms with Gasteiger partial charge in [0.25, 0.3) is 5.91 Å². The average molecular weight is 464 g/mol. The molecular weight excluding hydrogens is 441 g/mol. The largest absolute Gasteiger partial charge is 0.367 e. The Kier molecular flexibility index (Phi) is 6.22. The molecule has 0 bridgehead atoms. The van der Waals surface area contributed by atoms with Crippen LogP contribution in [-0.4, -0.2) is 79.3 Å². The van der Waals surface area contributed by atoms with E-state index in [0.717, 1.165) is 11.5 Å². The number of benzene rings is 1. The Morgan fingerprint density at radius 3 is 2.52 bits per heavy atom. The highest BCUT2D eigenvalue weighted by molar-refractivity contribution is 7.99. The first-order chi connectivity index (χ1) is 14.9. The zero-order chi connectivity index (χ0) is 22.0. The Morgan fingerprint density at radius 1 is 1.13 bits per heavy atom. The summed E-state index contributed by atoms with van der Waals surface area (Å²) < 4.78 is 40.9. The third-order valence-corrected chi connectivity index (χ3v) is 8.32. The molecule has 0 saturated carbocycles. The molecule has 2 aliphatic heterocycles. The summed E-state index contributed by atoms with van der Waals surface area (Å²) in [4.78, 5) is 19.3. The predicted molar refractivity (Wildman–Crippen MR) is 116 cm³/mol. The predicted octanol–water partition coefficient (Wildman–Crippen LogP) is 1.73. The number of nitriles is 1. The first-order valence-corrected chi connectivity index (χ1v) is 12.5. The van der Waals surface area contributed by atoms with Crippen molar-refractivity contribution in [3.05, 3.63) is 47.5 Å². The molecule has 1 N–H and O–H groups in total. The van der Waals surface area contributed by atoms with Crippen molar-refractivity contribution in [3.63, 3.8) is 0 Å². The lowest BCUT2D eigenvalue weighted by molar-refractivity contribution is 0.0741. The van der Waals surface area contributed by atoms with Crippen molar-refractivity contribution in [3.8, 4) is 6.07 Å². The van der Waals surface area contributed by atoms with Gasteiger partial charge < -0.3 is 14.8 Å². The molecular formula is C20H22FN5O3S2. The minimum atomic E-state index is -3.62. The van der Waals surface area contributed by atoms with E-state index in [-0.39, 0.29) is 22.1 Å². The Hall–Kier alpha value is -2.55. The smallest absolute Gasteiger partial charge is 0.270 e. The number of H-pyrrole nitrogens is 1. The van der Waals surface area contributed by atoms with Crippen molar-refractivity contribution in [2.75, 3.05) is 55.7 Å². The van der Waals surface area contributed by atoms with E-state index in [9.17, 15) is 22.9 Å². The summed E-state index contributed by atoms with van der Waals surface area (Å²) in [5.74, 6) is 0.679. The maximum atomic E-state index is 13.9. The van der Waals surface area contributed by atoms with E-state index < -0.39 is 15.8 Å². The molecule has 31 heavy (non-hydrogen) atoms. The van der Waals surface area contributed by atoms with Crippen LogP contribution in [0.1, 0.15) is 16.1 Å². The number of thioether (sulfide) groups is 1. The molecule has 0 spiro atoms. The summed E-state index contributed by atoms with van der Waals surface area (Å²) >= 11 is 1.72. The molecule has 0 aliphatic carbocycles. The third kappa shape index (κ3) is 4.28. The Bertz CT molecular complexity index is 1110. The van der Waals surface area contributed by atoms with Crippen LogP contribution in [0, 0.1) is 17.1 Å². The van der Waals surface area contributed by atoms with Gasteiger partial charge in [0, 0.05) is 57.0 Å². The maximum absolute atomic E-state index is 13.9. The fourth-order valence-corrected chi connectivity index (χ4v) is 6.36. The van der Waals surface area contributed by atoms with Crippen molar-refractivity contribution < 1.29 is 17.6 Å². The minimum absolute atomic E-state index is 0.00222. The van der Waals surface area contributed by atoms with E-state index >= 15 is 0 Å². The molecule has 1 amide bonds. The van der Waals surface area contributed by atoms with Crippen molar-refractivity contribution in [2.24, 2.45) is 0 Å². The third-order valence-electron chi connectivity index (χ3n) is 5.51. The molecule has 4 rings (SSSR count). The number of piperazine rings is 1. The standard InChI is InChI=1S/C20H22FN5O3S2/c21-17-2-1-3-19(16(17)13-22)24-4-6-25(7-5-24)20(27)18-12-15(14-23-18)31(28,29)26-8-10-30-11-9-26/h1-3,12,14,23H,4-11H2. The van der Waals surface area contributed by atoms with Crippen molar-refractivity contribution in [1.29, 1.82) is 5.26 Å². The number of hydrogen-bond acceptors (Lipinski definition) is 6. The van der Waals surface area contributed by atoms with Crippen LogP contribution in [0.4, 0.5) is 10.1 Å². The highest BCUT2D eigenvalue weighted by Gasteiger charge is 2.30. The molecule has 0 atom stereocenters. The molecule has 2 aromatic rings. The van der Waals surface area contributed by atoms with Crippen LogP contribution in [0.15, 0.2) is 35.4 Å². The molecule has 2 saturated heterocycles. The van der Waals surface area contributed by atoms with Gasteiger partial charge in [0.1, 0.15) is 28.0 Å². The van der Waals surface area contributed by atoms with Gasteiger partial charge in [0.05, 0.1) is 5.69 Å². The van der Waals surface area contributed by atoms with E-state index in [1.165, 1.54) is 22.6 Å². The van der Waals surface area contributed by atoms with Crippen LogP contribution in [0.25, 0.3) is 0 Å². The number of sulfonamides is 1. The molecule has 0 unspecified atom stereocenters. The number of aromatic amines is 1. The van der Waals surface area contributed by atoms with Gasteiger partial charge in [0.2, 0.25) is 10.0 Å². The first-order valence-electron chi connectivity index (χ1n) is 9.91. The summed E-state index contributed by atoms with van der Waals surface area (Å²) in [6, 6.07) is 7.80. The van der Waals surface area contributed by atoms with E-state index in [0.29, 0.717) is 45.0 Å². The SMILES string of the molecule is N#Cc1c(F)cccc1N1CCN(C(=O)c2cc(S(=O)(=O)N3CCSCC3)c[nH]2)CC1. The highest BCUT2D eigenvalue weighted by Crippen LogP contribution is 2.25. The summed E-state index contributed by atoms with van der Waals surface area (Å²) in [5, 5.41) is 9.24. The summed E-state index contributed by atoms with van der Waals surface area (Å²) in [6.07, 6.45) is 1.37. The number of nitrogens with zero attached hydrogens (tertiary/aromatic N) is 4. The van der Waals surface area contributed by atoms with E-state index in [4.69, 9.17) is 0 Å². The number of halogens is 1. The number of hydrogen-bond donors (Lipinski definition) is 1. The quantitative estimate of drug-likeness (QED) is 0.741. The number of aromatic nitrogens is 1. The minimum Gasteiger partial charge on any atom is -0.367 e. The van der Waals surface area contributed by atoms with E-state index in [1.807, 2.05) is 11.0 Å². The van der Waals surface area contributed by atoms with Gasteiger partial charge in [0.15, 0.2) is 0 Å². The average Bonchev–Trinajstić information content (AvgIpc) is 3.30. The van der Waals surface area contributed by atoms with Crippen LogP contribution in [0.3, 0.4) is 0 Å². The molecule has 0 radical (unpaired) electrons. The molecule has 164 valence electrons. The first kappa shape index (κ1) is 21.7. The van der Waals surface area contributed by atoms with Gasteiger partial charge in [-0.15, -0.1) is 0 Å². The van der Waals surface area contributed by atoms with E-state index in [1.54, 1.807) is 28.8 Å². The molecule has 2 fully saturated rings. The Balaban J connectivity index is 1.43. The van der Waals surface area contributed by atoms with Gasteiger partial charge in [-0.1, -0.05) is 6.07 Å². The van der Waals surface area contributed by atoms with Crippen molar-refractivity contribution in [2.45, 2.75) is 4.90 Å². The van der Waals surface area contributed by atoms with Crippen LogP contribution < -0.4 is 4.90 Å². The molecule has 3 heterocycles. The number of amides is 1. The summed E-state index contributed by atoms with van der Waals surface area (Å²) in [5.41, 5.74) is 0.738. The second kappa shape index (κ2) is 8.90. The molecule has 1 aromatic carbocycles. The lowest BCUT2D eigenvalue weighted by Gasteiger charge is -2.36. The Labute approximate surface area is 184 Å². The molecule has 8 nitrogen and oxygen atoms in total. The van der Waals surface area contributed by atoms with Crippen LogP contribution in [0.5, 0.6) is 0 Å². The summed E-state index contributed by atoms with van der Waals surface area (Å²) in [7, 11) is -3.62. The van der Waals surface area contributed by atoms with Crippen LogP contribution in [-0.2, 0) is 10.0 Å². The zero-order valence-electron chi connectivity index (χ0n) is 16.8. The molecule has 11 heteroatoms. The van der Waals surface area contributed by atoms with Gasteiger partial charge in [-0.3, -0.25) is 4.79 Å². The van der Waals surface area contributed by atoms with E-state index in [2.05, 4.69) is 4.98 Å². The van der Waals surface area contributed by atoms with Gasteiger partial charge in [-0.25, -0.2) is 12.8 Å². The van der Waals surface area contributed by atoms with Crippen molar-refractivity contribution >= 4 is 33.4 Å². The van der Waals surface area contributed by atoms with Gasteiger partial charge in [-0.05, 0) is 18.2 Å². The zero-order valence-corrected chi connectivity index (χ0v) is 18.4. The molecule has 2 aliphatic rings. The van der Waals surface area contributed by atoms with Crippen LogP contribution in [0.2, 0.25) is 0 Å². The van der Waals surface area contributed by atoms with Crippen molar-refractivity contribution in [1.82, 2.24) is 14.2 Å². The van der Waals surface area contributed by atoms with Crippen LogP contribution >= 0.6 is 11.8 Å².